The normalized spacial score (nSPS) is 10.0. The van der Waals surface area contributed by atoms with E-state index in [1.165, 1.54) is 27.9 Å². The first kappa shape index (κ1) is 23.1. The average Bonchev–Trinajstić information content (AvgIpc) is 3.60. The van der Waals surface area contributed by atoms with Gasteiger partial charge in [0.05, 0.1) is 24.0 Å². The minimum atomic E-state index is 0. The van der Waals surface area contributed by atoms with E-state index in [0.717, 1.165) is 22.6 Å². The van der Waals surface area contributed by atoms with Crippen LogP contribution in [-0.4, -0.2) is 6.38 Å². The zero-order chi connectivity index (χ0) is 20.8. The van der Waals surface area contributed by atoms with Crippen molar-refractivity contribution in [3.05, 3.63) is 110 Å². The molecule has 31 heavy (non-hydrogen) atoms. The summed E-state index contributed by atoms with van der Waals surface area (Å²) in [5.74, 6) is 1.86. The molecule has 0 aliphatic carbocycles. The summed E-state index contributed by atoms with van der Waals surface area (Å²) in [7, 11) is 0. The van der Waals surface area contributed by atoms with Crippen LogP contribution in [0.1, 0.15) is 0 Å². The SMILES string of the molecule is CCl.[Hf].c1coc(-c2cc3ccccc3[cH-]2)c1.c1coc(-c2cc3ccccc3[cH-]2)c1. The molecule has 0 N–H and O–H groups in total. The molecule has 0 aliphatic heterocycles. The van der Waals surface area contributed by atoms with Crippen molar-refractivity contribution in [1.82, 2.24) is 0 Å². The molecule has 2 nitrogen and oxygen atoms in total. The molecule has 6 aromatic rings. The Kier molecular flexibility index (Phi) is 8.27. The van der Waals surface area contributed by atoms with Crippen LogP contribution >= 0.6 is 11.6 Å². The van der Waals surface area contributed by atoms with Crippen LogP contribution in [0.15, 0.2) is 118 Å². The molecule has 0 fully saturated rings. The van der Waals surface area contributed by atoms with Gasteiger partial charge in [0.1, 0.15) is 0 Å². The van der Waals surface area contributed by atoms with Crippen molar-refractivity contribution in [2.24, 2.45) is 0 Å². The Bertz CT molecular complexity index is 1140. The zero-order valence-corrected chi connectivity index (χ0v) is 21.4. The Balaban J connectivity index is 0.000000158. The van der Waals surface area contributed by atoms with E-state index < -0.39 is 0 Å². The Morgan fingerprint density at radius 2 is 1.00 bits per heavy atom. The van der Waals surface area contributed by atoms with Crippen LogP contribution in [0.4, 0.5) is 0 Å². The Morgan fingerprint density at radius 1 is 0.581 bits per heavy atom. The molecule has 0 saturated heterocycles. The van der Waals surface area contributed by atoms with Gasteiger partial charge in [-0.1, -0.05) is 59.7 Å². The van der Waals surface area contributed by atoms with Crippen LogP contribution in [0.3, 0.4) is 0 Å². The predicted molar refractivity (Wildman–Crippen MR) is 126 cm³/mol. The van der Waals surface area contributed by atoms with Gasteiger partial charge in [-0.3, -0.25) is 0 Å². The number of furan rings is 2. The summed E-state index contributed by atoms with van der Waals surface area (Å²) in [4.78, 5) is 0. The molecular formula is C27H21ClHfO2-2. The van der Waals surface area contributed by atoms with Crippen molar-refractivity contribution in [3.63, 3.8) is 0 Å². The molecule has 2 aromatic heterocycles. The van der Waals surface area contributed by atoms with Gasteiger partial charge in [0.15, 0.2) is 0 Å². The number of hydrogen-bond donors (Lipinski definition) is 0. The molecule has 0 saturated carbocycles. The predicted octanol–water partition coefficient (Wildman–Crippen LogP) is 8.49. The Morgan fingerprint density at radius 3 is 1.35 bits per heavy atom. The monoisotopic (exact) mass is 592 g/mol. The third-order valence-corrected chi connectivity index (χ3v) is 4.85. The summed E-state index contributed by atoms with van der Waals surface area (Å²) >= 11 is 4.64. The summed E-state index contributed by atoms with van der Waals surface area (Å²) in [6.07, 6.45) is 4.88. The van der Waals surface area contributed by atoms with Crippen LogP contribution in [-0.2, 0) is 25.8 Å². The van der Waals surface area contributed by atoms with E-state index in [0.29, 0.717) is 0 Å². The van der Waals surface area contributed by atoms with Gasteiger partial charge in [0.2, 0.25) is 0 Å². The molecule has 0 amide bonds. The molecule has 4 aromatic carbocycles. The van der Waals surface area contributed by atoms with Crippen molar-refractivity contribution >= 4 is 33.1 Å². The summed E-state index contributed by atoms with van der Waals surface area (Å²) in [5, 5.41) is 5.05. The van der Waals surface area contributed by atoms with Gasteiger partial charge in [0.25, 0.3) is 0 Å². The summed E-state index contributed by atoms with van der Waals surface area (Å²) in [5.41, 5.74) is 2.30. The molecule has 0 bridgehead atoms. The van der Waals surface area contributed by atoms with E-state index in [1.54, 1.807) is 12.5 Å². The van der Waals surface area contributed by atoms with E-state index >= 15 is 0 Å². The summed E-state index contributed by atoms with van der Waals surface area (Å²) in [6, 6.07) is 33.0. The molecule has 0 aliphatic rings. The zero-order valence-electron chi connectivity index (χ0n) is 17.1. The third-order valence-electron chi connectivity index (χ3n) is 4.85. The Hall–Kier alpha value is -2.62. The minimum Gasteiger partial charge on any atom is -0.499 e. The van der Waals surface area contributed by atoms with E-state index in [9.17, 15) is 0 Å². The maximum atomic E-state index is 5.35. The van der Waals surface area contributed by atoms with Crippen molar-refractivity contribution in [1.29, 1.82) is 0 Å². The topological polar surface area (TPSA) is 26.3 Å². The molecular weight excluding hydrogens is 570 g/mol. The van der Waals surface area contributed by atoms with E-state index in [-0.39, 0.29) is 25.8 Å². The van der Waals surface area contributed by atoms with Crippen LogP contribution in [0.5, 0.6) is 0 Å². The fraction of sp³-hybridized carbons (Fsp3) is 0.0370. The van der Waals surface area contributed by atoms with Crippen LogP contribution in [0.25, 0.3) is 44.2 Å². The molecule has 0 atom stereocenters. The van der Waals surface area contributed by atoms with Gasteiger partial charge in [-0.2, -0.15) is 0 Å². The van der Waals surface area contributed by atoms with Crippen molar-refractivity contribution < 1.29 is 34.7 Å². The molecule has 2 heterocycles. The molecule has 0 radical (unpaired) electrons. The van der Waals surface area contributed by atoms with Gasteiger partial charge in [-0.05, 0) is 12.1 Å². The molecule has 154 valence electrons. The fourth-order valence-electron chi connectivity index (χ4n) is 3.47. The van der Waals surface area contributed by atoms with Gasteiger partial charge >= 0.3 is 0 Å². The van der Waals surface area contributed by atoms with E-state index in [2.05, 4.69) is 60.1 Å². The maximum Gasteiger partial charge on any atom is 0.0796 e. The molecule has 4 heteroatoms. The number of rotatable bonds is 2. The molecule has 6 rings (SSSR count). The van der Waals surface area contributed by atoms with Gasteiger partial charge in [-0.15, -0.1) is 69.5 Å². The van der Waals surface area contributed by atoms with Crippen molar-refractivity contribution in [3.8, 4) is 22.6 Å². The van der Waals surface area contributed by atoms with Gasteiger partial charge in [0, 0.05) is 32.2 Å². The fourth-order valence-corrected chi connectivity index (χ4v) is 3.47. The molecule has 0 spiro atoms. The summed E-state index contributed by atoms with van der Waals surface area (Å²) < 4.78 is 10.7. The number of alkyl halides is 1. The van der Waals surface area contributed by atoms with Crippen LogP contribution < -0.4 is 0 Å². The second kappa shape index (κ2) is 11.1. The van der Waals surface area contributed by atoms with Gasteiger partial charge < -0.3 is 8.83 Å². The van der Waals surface area contributed by atoms with E-state index in [1.807, 2.05) is 48.5 Å². The largest absolute Gasteiger partial charge is 0.499 e. The van der Waals surface area contributed by atoms with Crippen molar-refractivity contribution in [2.45, 2.75) is 0 Å². The second-order valence-corrected chi connectivity index (χ2v) is 6.70. The van der Waals surface area contributed by atoms with E-state index in [4.69, 9.17) is 8.83 Å². The first-order chi connectivity index (χ1) is 14.9. The van der Waals surface area contributed by atoms with Crippen LogP contribution in [0.2, 0.25) is 0 Å². The molecule has 0 unspecified atom stereocenters. The minimum absolute atomic E-state index is 0. The number of halogens is 1. The number of fused-ring (bicyclic) bond motifs is 2. The smallest absolute Gasteiger partial charge is 0.0796 e. The standard InChI is InChI=1S/2C13H9O.CH3Cl.Hf/c2*1-2-5-11-9-12(8-10(11)4-1)13-6-3-7-14-13;1-2;/h2*1-9H;1H3;/q2*-1;;. The maximum absolute atomic E-state index is 5.35. The number of hydrogen-bond acceptors (Lipinski definition) is 2. The first-order valence-corrected chi connectivity index (χ1v) is 10.4. The first-order valence-electron chi connectivity index (χ1n) is 9.63. The second-order valence-electron chi connectivity index (χ2n) is 6.70. The van der Waals surface area contributed by atoms with Crippen LogP contribution in [0, 0.1) is 0 Å². The summed E-state index contributed by atoms with van der Waals surface area (Å²) in [6.45, 7) is 0. The number of benzene rings is 2. The average molecular weight is 591 g/mol. The van der Waals surface area contributed by atoms with Gasteiger partial charge in [-0.25, -0.2) is 0 Å². The Labute approximate surface area is 205 Å². The quantitative estimate of drug-likeness (QED) is 0.115. The third kappa shape index (κ3) is 5.36. The van der Waals surface area contributed by atoms with Crippen molar-refractivity contribution in [2.75, 3.05) is 6.38 Å².